The molecule has 2 rings (SSSR count). The van der Waals surface area contributed by atoms with Crippen LogP contribution >= 0.6 is 0 Å². The molecule has 0 radical (unpaired) electrons. The van der Waals surface area contributed by atoms with Gasteiger partial charge in [0.05, 0.1) is 23.5 Å². The van der Waals surface area contributed by atoms with E-state index < -0.39 is 28.0 Å². The van der Waals surface area contributed by atoms with Crippen molar-refractivity contribution in [2.45, 2.75) is 25.1 Å². The molecule has 0 aromatic carbocycles. The monoisotopic (exact) mass is 314 g/mol. The van der Waals surface area contributed by atoms with Crippen molar-refractivity contribution >= 4 is 15.7 Å². The molecule has 5 nitrogen and oxygen atoms in total. The minimum absolute atomic E-state index is 0.0704. The number of hydrogen-bond donors (Lipinski definition) is 1. The molecule has 0 aromatic heterocycles. The van der Waals surface area contributed by atoms with Crippen molar-refractivity contribution in [2.24, 2.45) is 5.92 Å². The van der Waals surface area contributed by atoms with E-state index in [0.29, 0.717) is 0 Å². The van der Waals surface area contributed by atoms with E-state index >= 15 is 0 Å². The van der Waals surface area contributed by atoms with Crippen molar-refractivity contribution in [1.82, 2.24) is 10.2 Å². The molecule has 2 heterocycles. The third-order valence-corrected chi connectivity index (χ3v) is 5.44. The van der Waals surface area contributed by atoms with Gasteiger partial charge in [0.15, 0.2) is 9.84 Å². The molecule has 2 aliphatic heterocycles. The minimum Gasteiger partial charge on any atom is -0.339 e. The van der Waals surface area contributed by atoms with Crippen LogP contribution in [-0.2, 0) is 14.6 Å². The lowest BCUT2D eigenvalue weighted by Crippen LogP contribution is -2.55. The van der Waals surface area contributed by atoms with Crippen LogP contribution in [0.1, 0.15) is 12.8 Å². The van der Waals surface area contributed by atoms with E-state index in [0.717, 1.165) is 0 Å². The first kappa shape index (κ1) is 15.6. The third kappa shape index (κ3) is 3.63. The van der Waals surface area contributed by atoms with E-state index in [9.17, 15) is 26.4 Å². The summed E-state index contributed by atoms with van der Waals surface area (Å²) in [5.41, 5.74) is 0. The van der Waals surface area contributed by atoms with Crippen LogP contribution in [0.3, 0.4) is 0 Å². The quantitative estimate of drug-likeness (QED) is 0.749. The Morgan fingerprint density at radius 1 is 1.15 bits per heavy atom. The average molecular weight is 314 g/mol. The number of sulfone groups is 1. The number of nitrogens with zero attached hydrogens (tertiary/aromatic N) is 1. The van der Waals surface area contributed by atoms with Crippen LogP contribution in [0.4, 0.5) is 13.2 Å². The number of amides is 1. The first-order valence-corrected chi connectivity index (χ1v) is 8.30. The molecule has 2 aliphatic rings. The van der Waals surface area contributed by atoms with Gasteiger partial charge in [-0.05, 0) is 12.8 Å². The van der Waals surface area contributed by atoms with Gasteiger partial charge >= 0.3 is 6.18 Å². The zero-order chi connectivity index (χ0) is 15.0. The number of alkyl halides is 3. The highest BCUT2D eigenvalue weighted by atomic mass is 32.2. The van der Waals surface area contributed by atoms with Gasteiger partial charge in [-0.15, -0.1) is 0 Å². The topological polar surface area (TPSA) is 66.5 Å². The Kier molecular flexibility index (Phi) is 4.29. The standard InChI is InChI=1S/C11H17F3N2O3S/c12-11(13,14)8-1-2-9(15-7-8)10(17)16-3-5-20(18,19)6-4-16/h8-9,15H,1-7H2. The predicted octanol–water partition coefficient (Wildman–Crippen LogP) is 0.174. The lowest BCUT2D eigenvalue weighted by Gasteiger charge is -2.35. The molecular formula is C11H17F3N2O3S. The van der Waals surface area contributed by atoms with Crippen molar-refractivity contribution in [3.05, 3.63) is 0 Å². The molecule has 0 aromatic rings. The van der Waals surface area contributed by atoms with Crippen molar-refractivity contribution < 1.29 is 26.4 Å². The smallest absolute Gasteiger partial charge is 0.339 e. The van der Waals surface area contributed by atoms with Crippen LogP contribution in [0.2, 0.25) is 0 Å². The number of halogens is 3. The fourth-order valence-electron chi connectivity index (χ4n) is 2.50. The van der Waals surface area contributed by atoms with Crippen LogP contribution in [-0.4, -0.2) is 62.6 Å². The van der Waals surface area contributed by atoms with Gasteiger partial charge in [0.25, 0.3) is 0 Å². The zero-order valence-corrected chi connectivity index (χ0v) is 11.6. The Hall–Kier alpha value is -0.830. The number of hydrogen-bond acceptors (Lipinski definition) is 4. The summed E-state index contributed by atoms with van der Waals surface area (Å²) in [5, 5.41) is 2.63. The van der Waals surface area contributed by atoms with Crippen LogP contribution in [0.25, 0.3) is 0 Å². The summed E-state index contributed by atoms with van der Waals surface area (Å²) in [7, 11) is -3.07. The Balaban J connectivity index is 1.87. The molecule has 0 bridgehead atoms. The van der Waals surface area contributed by atoms with Gasteiger partial charge in [-0.25, -0.2) is 8.42 Å². The average Bonchev–Trinajstić information content (AvgIpc) is 2.37. The Morgan fingerprint density at radius 2 is 1.75 bits per heavy atom. The molecular weight excluding hydrogens is 297 g/mol. The number of nitrogens with one attached hydrogen (secondary N) is 1. The van der Waals surface area contributed by atoms with E-state index in [-0.39, 0.29) is 49.9 Å². The highest BCUT2D eigenvalue weighted by molar-refractivity contribution is 7.91. The molecule has 20 heavy (non-hydrogen) atoms. The Morgan fingerprint density at radius 3 is 2.20 bits per heavy atom. The second kappa shape index (κ2) is 5.51. The lowest BCUT2D eigenvalue weighted by molar-refractivity contribution is -0.180. The summed E-state index contributed by atoms with van der Waals surface area (Å²) >= 11 is 0. The fourth-order valence-corrected chi connectivity index (χ4v) is 3.70. The number of piperidine rings is 1. The summed E-state index contributed by atoms with van der Waals surface area (Å²) in [6.45, 7) is -0.00383. The van der Waals surface area contributed by atoms with Crippen molar-refractivity contribution in [2.75, 3.05) is 31.1 Å². The second-order valence-corrected chi connectivity index (χ2v) is 7.56. The molecule has 1 N–H and O–H groups in total. The zero-order valence-electron chi connectivity index (χ0n) is 10.8. The van der Waals surface area contributed by atoms with Gasteiger partial charge < -0.3 is 10.2 Å². The maximum absolute atomic E-state index is 12.5. The van der Waals surface area contributed by atoms with E-state index in [1.165, 1.54) is 4.90 Å². The van der Waals surface area contributed by atoms with Gasteiger partial charge in [-0.3, -0.25) is 4.79 Å². The van der Waals surface area contributed by atoms with Gasteiger partial charge in [0.1, 0.15) is 0 Å². The van der Waals surface area contributed by atoms with E-state index in [1.54, 1.807) is 0 Å². The van der Waals surface area contributed by atoms with Gasteiger partial charge in [-0.2, -0.15) is 13.2 Å². The summed E-state index contributed by atoms with van der Waals surface area (Å²) in [5.74, 6) is -1.85. The number of rotatable bonds is 1. The molecule has 1 amide bonds. The van der Waals surface area contributed by atoms with Crippen molar-refractivity contribution in [3.63, 3.8) is 0 Å². The number of carbonyl (C=O) groups excluding carboxylic acids is 1. The van der Waals surface area contributed by atoms with Crippen LogP contribution in [0.5, 0.6) is 0 Å². The van der Waals surface area contributed by atoms with E-state index in [1.807, 2.05) is 0 Å². The molecule has 2 saturated heterocycles. The van der Waals surface area contributed by atoms with Crippen LogP contribution in [0.15, 0.2) is 0 Å². The first-order valence-electron chi connectivity index (χ1n) is 6.48. The summed E-state index contributed by atoms with van der Waals surface area (Å²) in [6.07, 6.45) is -4.18. The third-order valence-electron chi connectivity index (χ3n) is 3.83. The minimum atomic E-state index is -4.24. The maximum Gasteiger partial charge on any atom is 0.393 e. The van der Waals surface area contributed by atoms with Crippen LogP contribution in [0, 0.1) is 5.92 Å². The molecule has 0 spiro atoms. The molecule has 116 valence electrons. The summed E-state index contributed by atoms with van der Waals surface area (Å²) in [4.78, 5) is 13.5. The van der Waals surface area contributed by atoms with Gasteiger partial charge in [0, 0.05) is 19.6 Å². The highest BCUT2D eigenvalue weighted by Crippen LogP contribution is 2.32. The normalized spacial score (nSPS) is 31.1. The SMILES string of the molecule is O=C(C1CCC(C(F)(F)F)CN1)N1CCS(=O)(=O)CC1. The summed E-state index contributed by atoms with van der Waals surface area (Å²) in [6, 6.07) is -0.630. The maximum atomic E-state index is 12.5. The lowest BCUT2D eigenvalue weighted by atomic mass is 9.93. The fraction of sp³-hybridized carbons (Fsp3) is 0.909. The van der Waals surface area contributed by atoms with E-state index in [4.69, 9.17) is 0 Å². The molecule has 0 saturated carbocycles. The van der Waals surface area contributed by atoms with Crippen molar-refractivity contribution in [1.29, 1.82) is 0 Å². The molecule has 2 fully saturated rings. The second-order valence-electron chi connectivity index (χ2n) is 5.25. The molecule has 2 unspecified atom stereocenters. The molecule has 0 aliphatic carbocycles. The Labute approximate surface area is 115 Å². The van der Waals surface area contributed by atoms with E-state index in [2.05, 4.69) is 5.32 Å². The molecule has 9 heteroatoms. The summed E-state index contributed by atoms with van der Waals surface area (Å²) < 4.78 is 60.1. The first-order chi connectivity index (χ1) is 9.19. The number of carbonyl (C=O) groups is 1. The molecule has 2 atom stereocenters. The van der Waals surface area contributed by atoms with Crippen LogP contribution < -0.4 is 5.32 Å². The largest absolute Gasteiger partial charge is 0.393 e. The highest BCUT2D eigenvalue weighted by Gasteiger charge is 2.43. The van der Waals surface area contributed by atoms with Gasteiger partial charge in [-0.1, -0.05) is 0 Å². The van der Waals surface area contributed by atoms with Crippen molar-refractivity contribution in [3.8, 4) is 0 Å². The Bertz CT molecular complexity index is 456. The van der Waals surface area contributed by atoms with Gasteiger partial charge in [0.2, 0.25) is 5.91 Å². The predicted molar refractivity (Wildman–Crippen MR) is 65.8 cm³/mol.